The number of methoxy groups -OCH3 is 1. The van der Waals surface area contributed by atoms with Crippen molar-refractivity contribution in [2.75, 3.05) is 30.4 Å². The van der Waals surface area contributed by atoms with E-state index >= 15 is 0 Å². The van der Waals surface area contributed by atoms with Gasteiger partial charge in [0.2, 0.25) is 0 Å². The van der Waals surface area contributed by atoms with Crippen LogP contribution in [-0.2, 0) is 0 Å². The first-order chi connectivity index (χ1) is 8.29. The fourth-order valence-corrected chi connectivity index (χ4v) is 2.44. The number of rotatable bonds is 2. The number of fused-ring (bicyclic) bond motifs is 1. The molecule has 17 heavy (non-hydrogen) atoms. The van der Waals surface area contributed by atoms with Crippen LogP contribution in [0.25, 0.3) is 0 Å². The molecule has 0 spiro atoms. The maximum absolute atomic E-state index is 13.7. The lowest BCUT2D eigenvalue weighted by Gasteiger charge is -2.24. The smallest absolute Gasteiger partial charge is 0.167 e. The minimum Gasteiger partial charge on any atom is -0.494 e. The summed E-state index contributed by atoms with van der Waals surface area (Å²) in [5, 5.41) is 3.29. The van der Waals surface area contributed by atoms with Gasteiger partial charge in [0.05, 0.1) is 18.5 Å². The number of benzene rings is 1. The molecule has 0 saturated heterocycles. The highest BCUT2D eigenvalue weighted by molar-refractivity contribution is 5.73. The molecule has 0 amide bonds. The van der Waals surface area contributed by atoms with Crippen LogP contribution in [0, 0.1) is 5.82 Å². The largest absolute Gasteiger partial charge is 0.494 e. The molecular weight excluding hydrogens is 219 g/mol. The molecule has 1 heterocycles. The molecule has 1 aromatic rings. The molecule has 0 atom stereocenters. The third-order valence-electron chi connectivity index (χ3n) is 3.46. The first-order valence-electron chi connectivity index (χ1n) is 6.17. The standard InChI is InChI=1S/C13H17FN2O/c1-17-13-8-12-11(7-10(13)14)15-5-2-6-16(12)9-3-4-9/h7-9,15H,2-6H2,1H3. The summed E-state index contributed by atoms with van der Waals surface area (Å²) in [6.07, 6.45) is 3.59. The van der Waals surface area contributed by atoms with Gasteiger partial charge in [-0.15, -0.1) is 0 Å². The summed E-state index contributed by atoms with van der Waals surface area (Å²) >= 11 is 0. The Labute approximate surface area is 101 Å². The van der Waals surface area contributed by atoms with Gasteiger partial charge in [0.25, 0.3) is 0 Å². The average Bonchev–Trinajstić information content (AvgIpc) is 3.13. The van der Waals surface area contributed by atoms with Crippen LogP contribution in [0.2, 0.25) is 0 Å². The van der Waals surface area contributed by atoms with Crippen LogP contribution in [0.5, 0.6) is 5.75 Å². The first kappa shape index (κ1) is 10.7. The topological polar surface area (TPSA) is 24.5 Å². The van der Waals surface area contributed by atoms with Crippen LogP contribution in [0.15, 0.2) is 12.1 Å². The molecule has 0 unspecified atom stereocenters. The number of hydrogen-bond donors (Lipinski definition) is 1. The number of nitrogens with zero attached hydrogens (tertiary/aromatic N) is 1. The van der Waals surface area contributed by atoms with Crippen LogP contribution < -0.4 is 15.0 Å². The van der Waals surface area contributed by atoms with Crippen molar-refractivity contribution in [3.8, 4) is 5.75 Å². The summed E-state index contributed by atoms with van der Waals surface area (Å²) in [6, 6.07) is 4.01. The second kappa shape index (κ2) is 4.09. The molecule has 3 rings (SSSR count). The van der Waals surface area contributed by atoms with Gasteiger partial charge in [-0.05, 0) is 19.3 Å². The van der Waals surface area contributed by atoms with Crippen molar-refractivity contribution >= 4 is 11.4 Å². The predicted molar refractivity (Wildman–Crippen MR) is 66.4 cm³/mol. The zero-order valence-electron chi connectivity index (χ0n) is 10.0. The summed E-state index contributed by atoms with van der Waals surface area (Å²) in [5.41, 5.74) is 1.98. The highest BCUT2D eigenvalue weighted by Gasteiger charge is 2.31. The fourth-order valence-electron chi connectivity index (χ4n) is 2.44. The molecule has 4 heteroatoms. The molecule has 2 aliphatic rings. The number of anilines is 2. The van der Waals surface area contributed by atoms with Gasteiger partial charge in [-0.1, -0.05) is 0 Å². The first-order valence-corrected chi connectivity index (χ1v) is 6.17. The zero-order valence-corrected chi connectivity index (χ0v) is 10.0. The maximum Gasteiger partial charge on any atom is 0.167 e. The van der Waals surface area contributed by atoms with Crippen molar-refractivity contribution in [1.82, 2.24) is 0 Å². The molecule has 3 nitrogen and oxygen atoms in total. The van der Waals surface area contributed by atoms with Crippen LogP contribution >= 0.6 is 0 Å². The number of hydrogen-bond acceptors (Lipinski definition) is 3. The molecular formula is C13H17FN2O. The summed E-state index contributed by atoms with van der Waals surface area (Å²) in [4.78, 5) is 2.39. The quantitative estimate of drug-likeness (QED) is 0.854. The number of ether oxygens (including phenoxy) is 1. The Morgan fingerprint density at radius 3 is 2.94 bits per heavy atom. The molecule has 1 saturated carbocycles. The Bertz CT molecular complexity index is 432. The summed E-state index contributed by atoms with van der Waals surface area (Å²) in [7, 11) is 1.51. The van der Waals surface area contributed by atoms with Crippen molar-refractivity contribution in [2.24, 2.45) is 0 Å². The Kier molecular flexibility index (Phi) is 2.57. The molecule has 92 valence electrons. The Morgan fingerprint density at radius 1 is 1.41 bits per heavy atom. The third-order valence-corrected chi connectivity index (χ3v) is 3.46. The zero-order chi connectivity index (χ0) is 11.8. The minimum atomic E-state index is -0.295. The Balaban J connectivity index is 2.04. The highest BCUT2D eigenvalue weighted by atomic mass is 19.1. The van der Waals surface area contributed by atoms with Crippen LogP contribution in [0.1, 0.15) is 19.3 Å². The van der Waals surface area contributed by atoms with Gasteiger partial charge in [0, 0.05) is 31.3 Å². The van der Waals surface area contributed by atoms with E-state index < -0.39 is 0 Å². The lowest BCUT2D eigenvalue weighted by atomic mass is 10.2. The van der Waals surface area contributed by atoms with Crippen molar-refractivity contribution < 1.29 is 9.13 Å². The predicted octanol–water partition coefficient (Wildman–Crippen LogP) is 2.62. The van der Waals surface area contributed by atoms with Gasteiger partial charge < -0.3 is 15.0 Å². The number of nitrogens with one attached hydrogen (secondary N) is 1. The minimum absolute atomic E-state index is 0.295. The Hall–Kier alpha value is -1.45. The van der Waals surface area contributed by atoms with E-state index in [2.05, 4.69) is 10.2 Å². The molecule has 0 bridgehead atoms. The van der Waals surface area contributed by atoms with Gasteiger partial charge >= 0.3 is 0 Å². The summed E-state index contributed by atoms with van der Waals surface area (Å²) in [5.74, 6) is 0.0366. The van der Waals surface area contributed by atoms with Crippen molar-refractivity contribution in [2.45, 2.75) is 25.3 Å². The molecule has 1 fully saturated rings. The number of halogens is 1. The van der Waals surface area contributed by atoms with Crippen LogP contribution in [0.4, 0.5) is 15.8 Å². The second-order valence-corrected chi connectivity index (χ2v) is 4.71. The van der Waals surface area contributed by atoms with E-state index in [0.717, 1.165) is 30.9 Å². The van der Waals surface area contributed by atoms with E-state index in [0.29, 0.717) is 11.8 Å². The van der Waals surface area contributed by atoms with Crippen LogP contribution in [0.3, 0.4) is 0 Å². The summed E-state index contributed by atoms with van der Waals surface area (Å²) in [6.45, 7) is 1.95. The fraction of sp³-hybridized carbons (Fsp3) is 0.538. The van der Waals surface area contributed by atoms with Gasteiger partial charge in [-0.2, -0.15) is 0 Å². The average molecular weight is 236 g/mol. The maximum atomic E-state index is 13.7. The van der Waals surface area contributed by atoms with E-state index in [4.69, 9.17) is 4.74 Å². The molecule has 0 aromatic heterocycles. The van der Waals surface area contributed by atoms with Gasteiger partial charge in [0.15, 0.2) is 11.6 Å². The van der Waals surface area contributed by atoms with Crippen LogP contribution in [-0.4, -0.2) is 26.2 Å². The van der Waals surface area contributed by atoms with E-state index in [9.17, 15) is 4.39 Å². The van der Waals surface area contributed by atoms with Gasteiger partial charge in [0.1, 0.15) is 0 Å². The van der Waals surface area contributed by atoms with E-state index in [1.54, 1.807) is 6.07 Å². The van der Waals surface area contributed by atoms with Crippen molar-refractivity contribution in [3.63, 3.8) is 0 Å². The summed E-state index contributed by atoms with van der Waals surface area (Å²) < 4.78 is 18.7. The second-order valence-electron chi connectivity index (χ2n) is 4.71. The van der Waals surface area contributed by atoms with Crippen molar-refractivity contribution in [3.05, 3.63) is 17.9 Å². The molecule has 1 aliphatic heterocycles. The van der Waals surface area contributed by atoms with Gasteiger partial charge in [-0.25, -0.2) is 4.39 Å². The SMILES string of the molecule is COc1cc2c(cc1F)NCCCN2C1CC1. The Morgan fingerprint density at radius 2 is 2.24 bits per heavy atom. The van der Waals surface area contributed by atoms with Crippen molar-refractivity contribution in [1.29, 1.82) is 0 Å². The van der Waals surface area contributed by atoms with E-state index in [1.165, 1.54) is 20.0 Å². The monoisotopic (exact) mass is 236 g/mol. The lowest BCUT2D eigenvalue weighted by molar-refractivity contribution is 0.386. The normalized spacial score (nSPS) is 19.3. The van der Waals surface area contributed by atoms with Gasteiger partial charge in [-0.3, -0.25) is 0 Å². The molecule has 1 N–H and O–H groups in total. The highest BCUT2D eigenvalue weighted by Crippen LogP contribution is 2.40. The molecule has 0 radical (unpaired) electrons. The molecule has 1 aliphatic carbocycles. The molecule has 1 aromatic carbocycles. The van der Waals surface area contributed by atoms with E-state index in [1.807, 2.05) is 6.07 Å². The van der Waals surface area contributed by atoms with E-state index in [-0.39, 0.29) is 5.82 Å². The third kappa shape index (κ3) is 1.92. The lowest BCUT2D eigenvalue weighted by Crippen LogP contribution is -2.26.